The number of fused-ring (bicyclic) bond motifs is 1. The first kappa shape index (κ1) is 24.1. The molecular formula is C28H33ClN6O2. The average Bonchev–Trinajstić information content (AvgIpc) is 3.68. The van der Waals surface area contributed by atoms with Crippen molar-refractivity contribution in [2.45, 2.75) is 57.2 Å². The number of carbonyl (C=O) groups excluding carboxylic acids is 1. The summed E-state index contributed by atoms with van der Waals surface area (Å²) in [6.07, 6.45) is 7.86. The minimum absolute atomic E-state index is 0.0414. The van der Waals surface area contributed by atoms with E-state index in [4.69, 9.17) is 21.4 Å². The van der Waals surface area contributed by atoms with Crippen LogP contribution in [0.2, 0.25) is 5.02 Å². The van der Waals surface area contributed by atoms with E-state index < -0.39 is 0 Å². The number of piperidine rings is 1. The van der Waals surface area contributed by atoms with Crippen LogP contribution in [0.5, 0.6) is 5.88 Å². The molecule has 3 aliphatic rings. The molecule has 9 heteroatoms. The fraction of sp³-hybridized carbons (Fsp3) is 0.464. The van der Waals surface area contributed by atoms with Gasteiger partial charge in [-0.1, -0.05) is 35.9 Å². The van der Waals surface area contributed by atoms with Crippen LogP contribution in [0.25, 0.3) is 0 Å². The summed E-state index contributed by atoms with van der Waals surface area (Å²) in [5.41, 5.74) is 4.52. The second-order valence-electron chi connectivity index (χ2n) is 10.4. The number of aromatic nitrogens is 3. The molecule has 0 N–H and O–H groups in total. The normalized spacial score (nSPS) is 20.4. The predicted molar refractivity (Wildman–Crippen MR) is 144 cm³/mol. The van der Waals surface area contributed by atoms with E-state index in [1.807, 2.05) is 16.6 Å². The zero-order valence-electron chi connectivity index (χ0n) is 21.6. The molecule has 3 aromatic rings. The van der Waals surface area contributed by atoms with E-state index in [9.17, 15) is 4.79 Å². The number of methoxy groups -OCH3 is 1. The van der Waals surface area contributed by atoms with Crippen LogP contribution in [0.4, 0.5) is 16.3 Å². The van der Waals surface area contributed by atoms with Crippen LogP contribution in [0.3, 0.4) is 0 Å². The third-order valence-electron chi connectivity index (χ3n) is 8.02. The van der Waals surface area contributed by atoms with E-state index in [-0.39, 0.29) is 18.1 Å². The minimum atomic E-state index is -0.0424. The van der Waals surface area contributed by atoms with Gasteiger partial charge in [-0.15, -0.1) is 0 Å². The van der Waals surface area contributed by atoms with Crippen molar-refractivity contribution >= 4 is 29.1 Å². The summed E-state index contributed by atoms with van der Waals surface area (Å²) in [6.45, 7) is 4.21. The van der Waals surface area contributed by atoms with Gasteiger partial charge >= 0.3 is 6.03 Å². The number of carbonyl (C=O) groups is 1. The molecule has 0 radical (unpaired) electrons. The molecule has 2 aromatic heterocycles. The molecule has 0 bridgehead atoms. The van der Waals surface area contributed by atoms with Crippen molar-refractivity contribution in [3.05, 3.63) is 64.4 Å². The van der Waals surface area contributed by atoms with Crippen LogP contribution in [-0.2, 0) is 13.6 Å². The van der Waals surface area contributed by atoms with Gasteiger partial charge in [-0.25, -0.2) is 9.78 Å². The number of rotatable bonds is 6. The summed E-state index contributed by atoms with van der Waals surface area (Å²) >= 11 is 6.52. The Morgan fingerprint density at radius 3 is 2.57 bits per heavy atom. The maximum atomic E-state index is 14.2. The van der Waals surface area contributed by atoms with E-state index in [2.05, 4.69) is 52.2 Å². The van der Waals surface area contributed by atoms with E-state index >= 15 is 0 Å². The van der Waals surface area contributed by atoms with Crippen molar-refractivity contribution < 1.29 is 9.53 Å². The third kappa shape index (κ3) is 4.31. The molecule has 2 amide bonds. The van der Waals surface area contributed by atoms with E-state index in [1.165, 1.54) is 24.0 Å². The molecule has 2 fully saturated rings. The number of aryl methyl sites for hydroxylation is 1. The van der Waals surface area contributed by atoms with E-state index in [1.54, 1.807) is 19.4 Å². The van der Waals surface area contributed by atoms with Crippen molar-refractivity contribution in [3.63, 3.8) is 0 Å². The van der Waals surface area contributed by atoms with Gasteiger partial charge in [0.2, 0.25) is 5.88 Å². The highest BCUT2D eigenvalue weighted by Gasteiger charge is 2.42. The Balaban J connectivity index is 1.27. The summed E-state index contributed by atoms with van der Waals surface area (Å²) in [6, 6.07) is 10.5. The van der Waals surface area contributed by atoms with Crippen LogP contribution in [-0.4, -0.2) is 51.9 Å². The molecular weight excluding hydrogens is 488 g/mol. The second-order valence-corrected chi connectivity index (χ2v) is 10.8. The Morgan fingerprint density at radius 1 is 1.08 bits per heavy atom. The lowest BCUT2D eigenvalue weighted by atomic mass is 9.97. The second kappa shape index (κ2) is 9.56. The van der Waals surface area contributed by atoms with Crippen LogP contribution in [0.15, 0.2) is 42.7 Å². The van der Waals surface area contributed by atoms with E-state index in [0.29, 0.717) is 23.4 Å². The molecule has 2 aliphatic heterocycles. The van der Waals surface area contributed by atoms with Gasteiger partial charge in [0.05, 0.1) is 24.7 Å². The lowest BCUT2D eigenvalue weighted by Gasteiger charge is -2.46. The first-order chi connectivity index (χ1) is 18.0. The molecule has 6 rings (SSSR count). The molecule has 1 aliphatic carbocycles. The molecule has 0 spiro atoms. The van der Waals surface area contributed by atoms with Crippen LogP contribution in [0, 0.1) is 0 Å². The number of anilines is 2. The summed E-state index contributed by atoms with van der Waals surface area (Å²) in [4.78, 5) is 24.7. The number of ether oxygens (including phenoxy) is 1. The van der Waals surface area contributed by atoms with Crippen molar-refractivity contribution in [1.82, 2.24) is 19.7 Å². The smallest absolute Gasteiger partial charge is 0.326 e. The number of benzene rings is 1. The van der Waals surface area contributed by atoms with Gasteiger partial charge < -0.3 is 14.5 Å². The quantitative estimate of drug-likeness (QED) is 0.427. The molecule has 1 atom stereocenters. The summed E-state index contributed by atoms with van der Waals surface area (Å²) in [5.74, 6) is 1.94. The molecule has 1 saturated heterocycles. The monoisotopic (exact) mass is 520 g/mol. The third-order valence-corrected chi connectivity index (χ3v) is 8.33. The summed E-state index contributed by atoms with van der Waals surface area (Å²) in [5, 5.41) is 5.36. The summed E-state index contributed by atoms with van der Waals surface area (Å²) < 4.78 is 7.31. The Morgan fingerprint density at radius 2 is 1.84 bits per heavy atom. The van der Waals surface area contributed by atoms with Gasteiger partial charge in [0.15, 0.2) is 5.82 Å². The highest BCUT2D eigenvalue weighted by atomic mass is 35.5. The maximum absolute atomic E-state index is 14.2. The fourth-order valence-electron chi connectivity index (χ4n) is 6.02. The highest BCUT2D eigenvalue weighted by Crippen LogP contribution is 2.44. The first-order valence-corrected chi connectivity index (χ1v) is 13.5. The molecule has 194 valence electrons. The van der Waals surface area contributed by atoms with Gasteiger partial charge in [-0.2, -0.15) is 5.10 Å². The van der Waals surface area contributed by atoms with Gasteiger partial charge in [0.25, 0.3) is 0 Å². The van der Waals surface area contributed by atoms with Crippen molar-refractivity contribution in [1.29, 1.82) is 0 Å². The SMILES string of the molecule is COc1nccc(Cl)c1N1CCC(N2C(=O)N(Cc3ccccc3C3CC3)c3nn(C)cc3[C@H]2C)CC1. The van der Waals surface area contributed by atoms with Gasteiger partial charge in [0, 0.05) is 44.1 Å². The number of hydrogen-bond acceptors (Lipinski definition) is 5. The number of urea groups is 1. The Bertz CT molecular complexity index is 1310. The van der Waals surface area contributed by atoms with Crippen molar-refractivity contribution in [2.24, 2.45) is 7.05 Å². The van der Waals surface area contributed by atoms with Gasteiger partial charge in [0.1, 0.15) is 5.69 Å². The molecule has 1 aromatic carbocycles. The Kier molecular flexibility index (Phi) is 6.23. The highest BCUT2D eigenvalue weighted by molar-refractivity contribution is 6.33. The van der Waals surface area contributed by atoms with Crippen molar-refractivity contribution in [3.8, 4) is 5.88 Å². The fourth-order valence-corrected chi connectivity index (χ4v) is 6.27. The lowest BCUT2D eigenvalue weighted by Crippen LogP contribution is -2.55. The minimum Gasteiger partial charge on any atom is -0.479 e. The van der Waals surface area contributed by atoms with Gasteiger partial charge in [-0.05, 0) is 55.7 Å². The molecule has 0 unspecified atom stereocenters. The number of amides is 2. The van der Waals surface area contributed by atoms with E-state index in [0.717, 1.165) is 43.0 Å². The van der Waals surface area contributed by atoms with Gasteiger partial charge in [-0.3, -0.25) is 9.58 Å². The lowest BCUT2D eigenvalue weighted by molar-refractivity contribution is 0.136. The molecule has 4 heterocycles. The standard InChI is InChI=1S/C28H33ClN6O2/c1-18-23-17-32(2)31-26(23)34(16-20-6-4-5-7-22(20)19-8-9-19)28(36)35(18)21-11-14-33(15-12-21)25-24(29)10-13-30-27(25)37-3/h4-7,10,13,17-19,21H,8-9,11-12,14-16H2,1-3H3/t18-/m1/s1. The van der Waals surface area contributed by atoms with Crippen LogP contribution >= 0.6 is 11.6 Å². The van der Waals surface area contributed by atoms with Crippen LogP contribution in [0.1, 0.15) is 61.3 Å². The Labute approximate surface area is 222 Å². The zero-order valence-corrected chi connectivity index (χ0v) is 22.4. The number of nitrogens with zero attached hydrogens (tertiary/aromatic N) is 6. The number of hydrogen-bond donors (Lipinski definition) is 0. The summed E-state index contributed by atoms with van der Waals surface area (Å²) in [7, 11) is 3.55. The Hall–Kier alpha value is -3.26. The first-order valence-electron chi connectivity index (χ1n) is 13.1. The van der Waals surface area contributed by atoms with Crippen molar-refractivity contribution in [2.75, 3.05) is 30.0 Å². The molecule has 8 nitrogen and oxygen atoms in total. The largest absolute Gasteiger partial charge is 0.479 e. The topological polar surface area (TPSA) is 66.7 Å². The number of halogens is 1. The molecule has 37 heavy (non-hydrogen) atoms. The average molecular weight is 521 g/mol. The number of pyridine rings is 1. The maximum Gasteiger partial charge on any atom is 0.326 e. The molecule has 1 saturated carbocycles. The zero-order chi connectivity index (χ0) is 25.7. The van der Waals surface area contributed by atoms with Crippen LogP contribution < -0.4 is 14.5 Å². The predicted octanol–water partition coefficient (Wildman–Crippen LogP) is 5.53.